The Balaban J connectivity index is 0.000000970. The van der Waals surface area contributed by atoms with Crippen molar-refractivity contribution in [3.8, 4) is 11.3 Å². The number of fused-ring (bicyclic) bond motifs is 3. The van der Waals surface area contributed by atoms with Crippen molar-refractivity contribution in [2.24, 2.45) is 0 Å². The highest BCUT2D eigenvalue weighted by atomic mass is 16.4. The number of rotatable bonds is 7. The van der Waals surface area contributed by atoms with Gasteiger partial charge in [-0.1, -0.05) is 52.0 Å². The molecule has 0 atom stereocenters. The van der Waals surface area contributed by atoms with Crippen LogP contribution in [0.25, 0.3) is 32.9 Å². The smallest absolute Gasteiger partial charge is 0.303 e. The largest absolute Gasteiger partial charge is 0.481 e. The minimum absolute atomic E-state index is 0.207. The lowest BCUT2D eigenvalue weighted by Gasteiger charge is -2.13. The van der Waals surface area contributed by atoms with Crippen LogP contribution >= 0.6 is 0 Å². The first-order valence-electron chi connectivity index (χ1n) is 12.3. The number of aryl methyl sites for hydroxylation is 1. The second-order valence-corrected chi connectivity index (χ2v) is 7.65. The number of aromatic nitrogens is 1. The number of nitrogens with two attached hydrogens (primary N) is 2. The minimum Gasteiger partial charge on any atom is -0.481 e. The first-order chi connectivity index (χ1) is 16.5. The third kappa shape index (κ3) is 6.25. The van der Waals surface area contributed by atoms with Gasteiger partial charge in [0.2, 0.25) is 11.2 Å². The molecule has 0 unspecified atom stereocenters. The van der Waals surface area contributed by atoms with E-state index in [1.165, 1.54) is 0 Å². The van der Waals surface area contributed by atoms with Crippen LogP contribution in [0.1, 0.15) is 53.4 Å². The zero-order valence-corrected chi connectivity index (χ0v) is 20.8. The van der Waals surface area contributed by atoms with Gasteiger partial charge in [0.25, 0.3) is 0 Å². The van der Waals surface area contributed by atoms with Gasteiger partial charge in [-0.3, -0.25) is 4.79 Å². The van der Waals surface area contributed by atoms with Gasteiger partial charge >= 0.3 is 5.97 Å². The Morgan fingerprint density at radius 3 is 2.03 bits per heavy atom. The molecule has 1 heterocycles. The topological polar surface area (TPSA) is 93.2 Å². The summed E-state index contributed by atoms with van der Waals surface area (Å²) in [6.45, 7) is 8.77. The fourth-order valence-electron chi connectivity index (χ4n) is 4.12. The highest BCUT2D eigenvalue weighted by Gasteiger charge is 2.23. The molecule has 0 saturated carbocycles. The van der Waals surface area contributed by atoms with Gasteiger partial charge in [0.15, 0.2) is 0 Å². The Morgan fingerprint density at radius 1 is 0.765 bits per heavy atom. The van der Waals surface area contributed by atoms with E-state index >= 15 is 0 Å². The normalized spacial score (nSPS) is 10.2. The van der Waals surface area contributed by atoms with E-state index in [2.05, 4.69) is 28.8 Å². The van der Waals surface area contributed by atoms with Crippen LogP contribution in [0, 0.1) is 0 Å². The van der Waals surface area contributed by atoms with E-state index in [0.717, 1.165) is 63.7 Å². The van der Waals surface area contributed by atoms with Gasteiger partial charge in [0.1, 0.15) is 6.54 Å². The number of hydrogen-bond acceptors (Lipinski definition) is 3. The summed E-state index contributed by atoms with van der Waals surface area (Å²) in [7, 11) is 0. The second-order valence-electron chi connectivity index (χ2n) is 7.65. The molecule has 34 heavy (non-hydrogen) atoms. The molecular weight excluding hydrogens is 422 g/mol. The van der Waals surface area contributed by atoms with Gasteiger partial charge in [-0.25, -0.2) is 0 Å². The van der Waals surface area contributed by atoms with Crippen molar-refractivity contribution in [1.82, 2.24) is 0 Å². The maximum atomic E-state index is 10.8. The zero-order chi connectivity index (χ0) is 25.1. The van der Waals surface area contributed by atoms with Gasteiger partial charge in [-0.2, -0.15) is 4.57 Å². The maximum absolute atomic E-state index is 10.8. The second kappa shape index (κ2) is 13.2. The Kier molecular flexibility index (Phi) is 10.3. The van der Waals surface area contributed by atoms with Gasteiger partial charge in [-0.15, -0.1) is 0 Å². The minimum atomic E-state index is -0.743. The molecule has 180 valence electrons. The van der Waals surface area contributed by atoms with Crippen molar-refractivity contribution in [3.05, 3.63) is 66.7 Å². The summed E-state index contributed by atoms with van der Waals surface area (Å²) in [5.74, 6) is -0.743. The fourth-order valence-corrected chi connectivity index (χ4v) is 4.12. The number of carboxylic acid groups (broad SMARTS) is 1. The quantitative estimate of drug-likeness (QED) is 0.122. The molecule has 0 saturated heterocycles. The van der Waals surface area contributed by atoms with Crippen LogP contribution < -0.4 is 16.0 Å². The SMILES string of the molecule is CC.CC.Nc1ccc2c(c1)c(-c1ccccc1)[n+](CCCCCC(=O)O)c1cc(N)ccc21. The molecule has 0 aliphatic carbocycles. The van der Waals surface area contributed by atoms with Crippen molar-refractivity contribution < 1.29 is 14.5 Å². The lowest BCUT2D eigenvalue weighted by molar-refractivity contribution is -0.659. The number of nitrogens with zero attached hydrogens (tertiary/aromatic N) is 1. The Morgan fingerprint density at radius 2 is 1.38 bits per heavy atom. The molecule has 5 heteroatoms. The number of carboxylic acids is 1. The summed E-state index contributed by atoms with van der Waals surface area (Å²) < 4.78 is 2.31. The molecule has 0 amide bonds. The van der Waals surface area contributed by atoms with Gasteiger partial charge in [0.05, 0.1) is 10.8 Å². The summed E-state index contributed by atoms with van der Waals surface area (Å²) in [5, 5.41) is 12.3. The molecular formula is C29H38N3O2+. The molecule has 4 aromatic rings. The molecule has 0 aliphatic rings. The summed E-state index contributed by atoms with van der Waals surface area (Å²) >= 11 is 0. The summed E-state index contributed by atoms with van der Waals surface area (Å²) in [6.07, 6.45) is 2.62. The predicted octanol–water partition coefficient (Wildman–Crippen LogP) is 6.81. The highest BCUT2D eigenvalue weighted by molar-refractivity contribution is 6.10. The van der Waals surface area contributed by atoms with Crippen LogP contribution in [0.15, 0.2) is 66.7 Å². The lowest BCUT2D eigenvalue weighted by Crippen LogP contribution is -2.37. The molecule has 0 fully saturated rings. The monoisotopic (exact) mass is 460 g/mol. The lowest BCUT2D eigenvalue weighted by atomic mass is 9.98. The van der Waals surface area contributed by atoms with Crippen LogP contribution in [-0.4, -0.2) is 11.1 Å². The van der Waals surface area contributed by atoms with Gasteiger partial charge in [-0.05, 0) is 49.2 Å². The first kappa shape index (κ1) is 26.7. The van der Waals surface area contributed by atoms with E-state index in [0.29, 0.717) is 6.42 Å². The number of hydrogen-bond donors (Lipinski definition) is 3. The van der Waals surface area contributed by atoms with Crippen molar-refractivity contribution in [2.45, 2.75) is 59.9 Å². The number of unbranched alkanes of at least 4 members (excludes halogenated alkanes) is 2. The fraction of sp³-hybridized carbons (Fsp3) is 0.310. The van der Waals surface area contributed by atoms with Crippen LogP contribution in [-0.2, 0) is 11.3 Å². The summed E-state index contributed by atoms with van der Waals surface area (Å²) in [6, 6.07) is 22.4. The summed E-state index contributed by atoms with van der Waals surface area (Å²) in [4.78, 5) is 10.8. The summed E-state index contributed by atoms with van der Waals surface area (Å²) in [5.41, 5.74) is 17.1. The van der Waals surface area contributed by atoms with Crippen LogP contribution in [0.3, 0.4) is 0 Å². The molecule has 5 nitrogen and oxygen atoms in total. The number of nitrogen functional groups attached to an aromatic ring is 2. The van der Waals surface area contributed by atoms with E-state index in [4.69, 9.17) is 16.6 Å². The Bertz CT molecular complexity index is 1220. The molecule has 0 bridgehead atoms. The average molecular weight is 461 g/mol. The van der Waals surface area contributed by atoms with Crippen molar-refractivity contribution in [3.63, 3.8) is 0 Å². The molecule has 0 radical (unpaired) electrons. The molecule has 1 aromatic heterocycles. The van der Waals surface area contributed by atoms with Crippen molar-refractivity contribution in [1.29, 1.82) is 0 Å². The van der Waals surface area contributed by atoms with E-state index in [-0.39, 0.29) is 6.42 Å². The third-order valence-electron chi connectivity index (χ3n) is 5.49. The van der Waals surface area contributed by atoms with Gasteiger partial charge in [0, 0.05) is 41.2 Å². The average Bonchev–Trinajstić information content (AvgIpc) is 2.86. The van der Waals surface area contributed by atoms with Crippen molar-refractivity contribution in [2.75, 3.05) is 11.5 Å². The van der Waals surface area contributed by atoms with E-state index in [1.807, 2.05) is 70.2 Å². The molecule has 5 N–H and O–H groups in total. The van der Waals surface area contributed by atoms with Crippen LogP contribution in [0.4, 0.5) is 11.4 Å². The standard InChI is InChI=1S/C25H25N3O2.2C2H6/c26-18-10-12-20-21-13-11-19(27)16-23(21)28(14-6-2-5-9-24(29)30)25(22(20)15-18)17-7-3-1-4-8-17;2*1-2/h1,3-4,7-8,10-13,15-16,27H,2,5-6,9,14,26H2,(H,29,30);2*1-2H3/p+1. The van der Waals surface area contributed by atoms with Crippen molar-refractivity contribution >= 4 is 39.0 Å². The number of carbonyl (C=O) groups is 1. The predicted molar refractivity (Wildman–Crippen MR) is 145 cm³/mol. The number of pyridine rings is 1. The van der Waals surface area contributed by atoms with E-state index < -0.39 is 5.97 Å². The molecule has 0 spiro atoms. The number of benzene rings is 3. The molecule has 0 aliphatic heterocycles. The van der Waals surface area contributed by atoms with E-state index in [1.54, 1.807) is 0 Å². The third-order valence-corrected chi connectivity index (χ3v) is 5.49. The molecule has 3 aromatic carbocycles. The Hall–Kier alpha value is -3.60. The maximum Gasteiger partial charge on any atom is 0.303 e. The number of aliphatic carboxylic acids is 1. The van der Waals surface area contributed by atoms with E-state index in [9.17, 15) is 4.79 Å². The van der Waals surface area contributed by atoms with Crippen LogP contribution in [0.5, 0.6) is 0 Å². The molecule has 4 rings (SSSR count). The zero-order valence-electron chi connectivity index (χ0n) is 20.8. The Labute approximate surface area is 203 Å². The highest BCUT2D eigenvalue weighted by Crippen LogP contribution is 2.33. The first-order valence-corrected chi connectivity index (χ1v) is 12.3. The van der Waals surface area contributed by atoms with Gasteiger partial charge < -0.3 is 16.6 Å². The van der Waals surface area contributed by atoms with Crippen LogP contribution in [0.2, 0.25) is 0 Å². The number of anilines is 2.